The molecule has 0 unspecified atom stereocenters. The number of carbonyl (C=O) groups is 2. The summed E-state index contributed by atoms with van der Waals surface area (Å²) in [5, 5.41) is 0. The molecule has 0 saturated carbocycles. The van der Waals surface area contributed by atoms with Crippen molar-refractivity contribution in [2.75, 3.05) is 11.4 Å². The van der Waals surface area contributed by atoms with Crippen LogP contribution in [0, 0.1) is 0 Å². The molecule has 0 fully saturated rings. The van der Waals surface area contributed by atoms with E-state index in [-0.39, 0.29) is 0 Å². The Balaban J connectivity index is 1.76. The van der Waals surface area contributed by atoms with Gasteiger partial charge in [-0.3, -0.25) is 9.59 Å². The number of aromatic nitrogens is 2. The highest BCUT2D eigenvalue weighted by atomic mass is 79.9. The molecule has 2 aromatic rings. The van der Waals surface area contributed by atoms with Crippen molar-refractivity contribution in [3.63, 3.8) is 0 Å². The number of hydrogen-bond donors (Lipinski definition) is 0. The minimum Gasteiger partial charge on any atom is -0.337 e. The van der Waals surface area contributed by atoms with Crippen molar-refractivity contribution in [1.29, 1.82) is 0 Å². The van der Waals surface area contributed by atoms with Crippen LogP contribution in [0.3, 0.4) is 0 Å². The first-order valence-corrected chi connectivity index (χ1v) is 7.08. The fraction of sp³-hybridized carbons (Fsp3) is 0.214. The van der Waals surface area contributed by atoms with Crippen LogP contribution in [0.2, 0.25) is 0 Å². The van der Waals surface area contributed by atoms with Crippen molar-refractivity contribution in [3.8, 4) is 0 Å². The van der Waals surface area contributed by atoms with Crippen LogP contribution in [0.25, 0.3) is 0 Å². The van der Waals surface area contributed by atoms with Gasteiger partial charge in [-0.15, -0.1) is 0 Å². The monoisotopic (exact) mass is 333 g/mol. The summed E-state index contributed by atoms with van der Waals surface area (Å²) in [5.41, 5.74) is 1.17. The van der Waals surface area contributed by atoms with Crippen LogP contribution < -0.4 is 4.90 Å². The number of rotatable bonds is 4. The van der Waals surface area contributed by atoms with Crippen LogP contribution in [-0.4, -0.2) is 27.8 Å². The summed E-state index contributed by atoms with van der Waals surface area (Å²) in [6.45, 7) is 1.29. The second-order valence-electron chi connectivity index (χ2n) is 4.57. The van der Waals surface area contributed by atoms with Crippen molar-refractivity contribution in [3.05, 3.63) is 47.0 Å². The molecule has 6 heteroatoms. The molecule has 0 atom stereocenters. The minimum absolute atomic E-state index is 0.435. The third kappa shape index (κ3) is 2.16. The number of carbonyl (C=O) groups excluding carboxylic acids is 2. The molecular weight excluding hydrogens is 322 g/mol. The van der Waals surface area contributed by atoms with Gasteiger partial charge in [0.05, 0.1) is 17.6 Å². The molecule has 0 radical (unpaired) electrons. The van der Waals surface area contributed by atoms with Crippen LogP contribution in [0.15, 0.2) is 41.4 Å². The Hall–Kier alpha value is -1.95. The van der Waals surface area contributed by atoms with Gasteiger partial charge >= 0.3 is 0 Å². The maximum Gasteiger partial charge on any atom is 0.299 e. The van der Waals surface area contributed by atoms with Gasteiger partial charge in [-0.1, -0.05) is 6.07 Å². The Kier molecular flexibility index (Phi) is 3.40. The molecule has 1 aromatic carbocycles. The Morgan fingerprint density at radius 2 is 2.05 bits per heavy atom. The number of aryl methyl sites for hydroxylation is 1. The number of amides is 1. The van der Waals surface area contributed by atoms with Crippen LogP contribution in [0.1, 0.15) is 16.8 Å². The Bertz CT molecular complexity index is 667. The number of ketones is 1. The summed E-state index contributed by atoms with van der Waals surface area (Å²) in [5.74, 6) is -0.882. The molecule has 0 saturated heterocycles. The topological polar surface area (TPSA) is 55.2 Å². The van der Waals surface area contributed by atoms with E-state index in [1.54, 1.807) is 29.6 Å². The average molecular weight is 334 g/mol. The van der Waals surface area contributed by atoms with Gasteiger partial charge in [-0.05, 0) is 34.5 Å². The lowest BCUT2D eigenvalue weighted by atomic mass is 10.1. The zero-order valence-corrected chi connectivity index (χ0v) is 12.2. The zero-order valence-electron chi connectivity index (χ0n) is 10.6. The van der Waals surface area contributed by atoms with Gasteiger partial charge in [0.25, 0.3) is 11.7 Å². The van der Waals surface area contributed by atoms with E-state index in [0.29, 0.717) is 22.3 Å². The Morgan fingerprint density at radius 1 is 1.20 bits per heavy atom. The van der Waals surface area contributed by atoms with E-state index in [2.05, 4.69) is 20.9 Å². The second-order valence-corrected chi connectivity index (χ2v) is 5.43. The largest absolute Gasteiger partial charge is 0.337 e. The molecule has 1 aromatic heterocycles. The van der Waals surface area contributed by atoms with Crippen molar-refractivity contribution < 1.29 is 9.59 Å². The van der Waals surface area contributed by atoms with Crippen molar-refractivity contribution in [2.24, 2.45) is 0 Å². The predicted molar refractivity (Wildman–Crippen MR) is 77.7 cm³/mol. The average Bonchev–Trinajstić information content (AvgIpc) is 3.02. The number of Topliss-reactive ketones (excluding diaryl/α,β-unsaturated/α-hetero) is 1. The maximum atomic E-state index is 12.0. The molecule has 0 bridgehead atoms. The molecule has 0 spiro atoms. The minimum atomic E-state index is -0.447. The SMILES string of the molecule is O=C1C(=O)N(CCCn2ccnc2)c2cccc(Br)c21. The summed E-state index contributed by atoms with van der Waals surface area (Å²) in [4.78, 5) is 29.6. The summed E-state index contributed by atoms with van der Waals surface area (Å²) in [7, 11) is 0. The number of anilines is 1. The number of halogens is 1. The van der Waals surface area contributed by atoms with E-state index >= 15 is 0 Å². The standard InChI is InChI=1S/C14H12BrN3O2/c15-10-3-1-4-11-12(10)13(19)14(20)18(11)7-2-6-17-8-5-16-9-17/h1,3-5,8-9H,2,6-7H2. The summed E-state index contributed by atoms with van der Waals surface area (Å²) in [6.07, 6.45) is 6.10. The normalized spacial score (nSPS) is 13.9. The lowest BCUT2D eigenvalue weighted by Gasteiger charge is -2.16. The van der Waals surface area contributed by atoms with Crippen LogP contribution in [0.5, 0.6) is 0 Å². The van der Waals surface area contributed by atoms with Gasteiger partial charge in [0, 0.05) is 30.0 Å². The van der Waals surface area contributed by atoms with Crippen LogP contribution in [-0.2, 0) is 11.3 Å². The smallest absolute Gasteiger partial charge is 0.299 e. The van der Waals surface area contributed by atoms with Gasteiger partial charge in [0.2, 0.25) is 0 Å². The molecule has 5 nitrogen and oxygen atoms in total. The van der Waals surface area contributed by atoms with E-state index in [0.717, 1.165) is 13.0 Å². The Labute approximate surface area is 124 Å². The van der Waals surface area contributed by atoms with E-state index in [9.17, 15) is 9.59 Å². The fourth-order valence-electron chi connectivity index (χ4n) is 2.35. The van der Waals surface area contributed by atoms with Crippen molar-refractivity contribution in [1.82, 2.24) is 9.55 Å². The number of hydrogen-bond acceptors (Lipinski definition) is 3. The molecule has 1 aliphatic heterocycles. The maximum absolute atomic E-state index is 12.0. The first kappa shape index (κ1) is 13.1. The van der Waals surface area contributed by atoms with E-state index in [4.69, 9.17) is 0 Å². The summed E-state index contributed by atoms with van der Waals surface area (Å²) in [6, 6.07) is 5.41. The molecule has 2 heterocycles. The van der Waals surface area contributed by atoms with Crippen molar-refractivity contribution in [2.45, 2.75) is 13.0 Å². The van der Waals surface area contributed by atoms with Crippen LogP contribution >= 0.6 is 15.9 Å². The quantitative estimate of drug-likeness (QED) is 0.806. The summed E-state index contributed by atoms with van der Waals surface area (Å²) < 4.78 is 2.62. The summed E-state index contributed by atoms with van der Waals surface area (Å²) >= 11 is 3.33. The number of nitrogens with zero attached hydrogens (tertiary/aromatic N) is 3. The predicted octanol–water partition coefficient (Wildman–Crippen LogP) is 2.27. The van der Waals surface area contributed by atoms with Gasteiger partial charge in [0.1, 0.15) is 0 Å². The molecule has 0 aliphatic carbocycles. The van der Waals surface area contributed by atoms with E-state index in [1.807, 2.05) is 16.8 Å². The molecular formula is C14H12BrN3O2. The molecule has 1 amide bonds. The highest BCUT2D eigenvalue weighted by Gasteiger charge is 2.36. The molecule has 1 aliphatic rings. The van der Waals surface area contributed by atoms with E-state index in [1.165, 1.54) is 0 Å². The first-order chi connectivity index (χ1) is 9.68. The highest BCUT2D eigenvalue weighted by Crippen LogP contribution is 2.34. The fourth-order valence-corrected chi connectivity index (χ4v) is 2.89. The second kappa shape index (κ2) is 5.20. The zero-order chi connectivity index (χ0) is 14.1. The highest BCUT2D eigenvalue weighted by molar-refractivity contribution is 9.10. The molecule has 102 valence electrons. The molecule has 0 N–H and O–H groups in total. The first-order valence-electron chi connectivity index (χ1n) is 6.29. The lowest BCUT2D eigenvalue weighted by molar-refractivity contribution is -0.114. The third-order valence-electron chi connectivity index (χ3n) is 3.31. The van der Waals surface area contributed by atoms with Gasteiger partial charge in [-0.2, -0.15) is 0 Å². The van der Waals surface area contributed by atoms with Gasteiger partial charge in [0.15, 0.2) is 0 Å². The van der Waals surface area contributed by atoms with Crippen molar-refractivity contribution >= 4 is 33.3 Å². The molecule has 20 heavy (non-hydrogen) atoms. The number of benzene rings is 1. The Morgan fingerprint density at radius 3 is 2.80 bits per heavy atom. The number of imidazole rings is 1. The van der Waals surface area contributed by atoms with Crippen LogP contribution in [0.4, 0.5) is 5.69 Å². The number of fused-ring (bicyclic) bond motifs is 1. The third-order valence-corrected chi connectivity index (χ3v) is 3.97. The van der Waals surface area contributed by atoms with Gasteiger partial charge < -0.3 is 9.47 Å². The van der Waals surface area contributed by atoms with Gasteiger partial charge in [-0.25, -0.2) is 4.98 Å². The molecule has 3 rings (SSSR count). The van der Waals surface area contributed by atoms with E-state index < -0.39 is 11.7 Å². The lowest BCUT2D eigenvalue weighted by Crippen LogP contribution is -2.31.